The van der Waals surface area contributed by atoms with Crippen LogP contribution in [-0.2, 0) is 0 Å². The van der Waals surface area contributed by atoms with Gasteiger partial charge >= 0.3 is 0 Å². The fourth-order valence-electron chi connectivity index (χ4n) is 2.22. The molecule has 1 N–H and O–H groups in total. The van der Waals surface area contributed by atoms with Gasteiger partial charge in [0.15, 0.2) is 0 Å². The van der Waals surface area contributed by atoms with E-state index in [2.05, 4.69) is 24.0 Å². The van der Waals surface area contributed by atoms with Crippen LogP contribution in [0.4, 0.5) is 0 Å². The molecule has 1 saturated carbocycles. The highest BCUT2D eigenvalue weighted by Crippen LogP contribution is 2.46. The highest BCUT2D eigenvalue weighted by atomic mass is 16.5. The van der Waals surface area contributed by atoms with Crippen molar-refractivity contribution in [2.24, 2.45) is 0 Å². The van der Waals surface area contributed by atoms with Crippen molar-refractivity contribution in [2.75, 3.05) is 0 Å². The lowest BCUT2D eigenvalue weighted by atomic mass is 9.97. The Kier molecular flexibility index (Phi) is 2.58. The van der Waals surface area contributed by atoms with Gasteiger partial charge in [-0.05, 0) is 30.9 Å². The van der Waals surface area contributed by atoms with Crippen LogP contribution in [0, 0.1) is 0 Å². The highest BCUT2D eigenvalue weighted by molar-refractivity contribution is 5.68. The summed E-state index contributed by atoms with van der Waals surface area (Å²) in [5.41, 5.74) is 2.39. The van der Waals surface area contributed by atoms with Gasteiger partial charge in [-0.25, -0.2) is 0 Å². The molecule has 18 heavy (non-hydrogen) atoms. The Bertz CT molecular complexity index is 601. The number of nitrogens with one attached hydrogen (secondary N) is 1. The largest absolute Gasteiger partial charge is 0.360 e. The fourth-order valence-corrected chi connectivity index (χ4v) is 2.22. The molecular formula is C14H16N2O2. The van der Waals surface area contributed by atoms with Gasteiger partial charge in [-0.2, -0.15) is 0 Å². The van der Waals surface area contributed by atoms with Gasteiger partial charge < -0.3 is 9.51 Å². The van der Waals surface area contributed by atoms with E-state index in [1.165, 1.54) is 0 Å². The second kappa shape index (κ2) is 4.12. The Morgan fingerprint density at radius 3 is 2.83 bits per heavy atom. The van der Waals surface area contributed by atoms with Crippen LogP contribution in [0.1, 0.15) is 50.0 Å². The molecule has 0 atom stereocenters. The van der Waals surface area contributed by atoms with Gasteiger partial charge in [-0.15, -0.1) is 0 Å². The lowest BCUT2D eigenvalue weighted by Gasteiger charge is -2.05. The number of hydrogen-bond acceptors (Lipinski definition) is 3. The quantitative estimate of drug-likeness (QED) is 0.902. The van der Waals surface area contributed by atoms with Crippen molar-refractivity contribution >= 4 is 0 Å². The third-order valence-corrected chi connectivity index (χ3v) is 3.33. The topological polar surface area (TPSA) is 58.9 Å². The molecule has 2 aromatic rings. The van der Waals surface area contributed by atoms with Gasteiger partial charge in [0.05, 0.1) is 16.8 Å². The molecular weight excluding hydrogens is 228 g/mol. The smallest absolute Gasteiger partial charge is 0.256 e. The summed E-state index contributed by atoms with van der Waals surface area (Å²) in [4.78, 5) is 14.7. The molecule has 0 saturated heterocycles. The number of pyridine rings is 1. The molecule has 0 amide bonds. The monoisotopic (exact) mass is 244 g/mol. The van der Waals surface area contributed by atoms with Crippen molar-refractivity contribution in [1.29, 1.82) is 0 Å². The number of H-pyrrole nitrogens is 1. The minimum absolute atomic E-state index is 0.0792. The third kappa shape index (κ3) is 1.78. The summed E-state index contributed by atoms with van der Waals surface area (Å²) in [6.07, 6.45) is 3.90. The van der Waals surface area contributed by atoms with Crippen LogP contribution in [0.15, 0.2) is 27.6 Å². The van der Waals surface area contributed by atoms with E-state index in [1.54, 1.807) is 6.20 Å². The van der Waals surface area contributed by atoms with E-state index >= 15 is 0 Å². The van der Waals surface area contributed by atoms with Crippen molar-refractivity contribution in [1.82, 2.24) is 10.1 Å². The molecule has 0 aromatic carbocycles. The minimum Gasteiger partial charge on any atom is -0.360 e. The Balaban J connectivity index is 2.23. The zero-order valence-corrected chi connectivity index (χ0v) is 10.6. The van der Waals surface area contributed by atoms with E-state index in [0.717, 1.165) is 29.9 Å². The Morgan fingerprint density at radius 1 is 1.44 bits per heavy atom. The molecule has 4 heteroatoms. The summed E-state index contributed by atoms with van der Waals surface area (Å²) < 4.78 is 5.49. The summed E-state index contributed by atoms with van der Waals surface area (Å²) in [7, 11) is 0. The second-order valence-corrected chi connectivity index (χ2v) is 5.15. The molecule has 0 unspecified atom stereocenters. The maximum atomic E-state index is 12.0. The van der Waals surface area contributed by atoms with Crippen LogP contribution >= 0.6 is 0 Å². The average molecular weight is 244 g/mol. The average Bonchev–Trinajstić information content (AvgIpc) is 3.09. The van der Waals surface area contributed by atoms with E-state index in [0.29, 0.717) is 11.5 Å². The molecule has 2 aromatic heterocycles. The molecule has 0 bridgehead atoms. The van der Waals surface area contributed by atoms with Gasteiger partial charge in [0, 0.05) is 12.1 Å². The van der Waals surface area contributed by atoms with E-state index in [4.69, 9.17) is 4.52 Å². The lowest BCUT2D eigenvalue weighted by molar-refractivity contribution is 0.376. The van der Waals surface area contributed by atoms with Crippen molar-refractivity contribution in [3.63, 3.8) is 0 Å². The molecule has 0 radical (unpaired) electrons. The SMILES string of the molecule is CC(C)c1noc(C2CC2)c1-c1ccc[nH]c1=O. The predicted molar refractivity (Wildman–Crippen MR) is 68.6 cm³/mol. The van der Waals surface area contributed by atoms with Crippen LogP contribution in [0.2, 0.25) is 0 Å². The normalized spacial score (nSPS) is 15.3. The molecule has 1 aliphatic rings. The summed E-state index contributed by atoms with van der Waals surface area (Å²) in [6.45, 7) is 4.13. The molecule has 0 aliphatic heterocycles. The standard InChI is InChI=1S/C14H16N2O2/c1-8(2)12-11(10-4-3-7-15-14(10)17)13(18-16-12)9-5-6-9/h3-4,7-9H,5-6H2,1-2H3,(H,15,17). The van der Waals surface area contributed by atoms with E-state index < -0.39 is 0 Å². The lowest BCUT2D eigenvalue weighted by Crippen LogP contribution is -2.09. The first-order valence-corrected chi connectivity index (χ1v) is 6.36. The number of aromatic amines is 1. The van der Waals surface area contributed by atoms with Gasteiger partial charge in [0.25, 0.3) is 5.56 Å². The number of aromatic nitrogens is 2. The first kappa shape index (κ1) is 11.3. The van der Waals surface area contributed by atoms with Crippen LogP contribution < -0.4 is 5.56 Å². The van der Waals surface area contributed by atoms with Gasteiger partial charge in [-0.1, -0.05) is 19.0 Å². The minimum atomic E-state index is -0.0792. The fraction of sp³-hybridized carbons (Fsp3) is 0.429. The van der Waals surface area contributed by atoms with Gasteiger partial charge in [0.1, 0.15) is 5.76 Å². The zero-order chi connectivity index (χ0) is 12.7. The summed E-state index contributed by atoms with van der Waals surface area (Å²) >= 11 is 0. The molecule has 1 aliphatic carbocycles. The van der Waals surface area contributed by atoms with Gasteiger partial charge in [0.2, 0.25) is 0 Å². The van der Waals surface area contributed by atoms with Crippen molar-refractivity contribution < 1.29 is 4.52 Å². The number of nitrogens with zero attached hydrogens (tertiary/aromatic N) is 1. The zero-order valence-electron chi connectivity index (χ0n) is 10.6. The van der Waals surface area contributed by atoms with Crippen molar-refractivity contribution in [2.45, 2.75) is 38.5 Å². The molecule has 4 nitrogen and oxygen atoms in total. The van der Waals surface area contributed by atoms with Crippen LogP contribution in [0.3, 0.4) is 0 Å². The molecule has 2 heterocycles. The first-order valence-electron chi connectivity index (χ1n) is 6.36. The maximum absolute atomic E-state index is 12.0. The van der Waals surface area contributed by atoms with E-state index in [1.807, 2.05) is 12.1 Å². The second-order valence-electron chi connectivity index (χ2n) is 5.15. The first-order chi connectivity index (χ1) is 8.68. The Labute approximate surface area is 105 Å². The molecule has 94 valence electrons. The Hall–Kier alpha value is -1.84. The molecule has 1 fully saturated rings. The highest BCUT2D eigenvalue weighted by Gasteiger charge is 2.34. The van der Waals surface area contributed by atoms with Crippen molar-refractivity contribution in [3.05, 3.63) is 40.1 Å². The van der Waals surface area contributed by atoms with Crippen LogP contribution in [-0.4, -0.2) is 10.1 Å². The van der Waals surface area contributed by atoms with Gasteiger partial charge in [-0.3, -0.25) is 4.79 Å². The summed E-state index contributed by atoms with van der Waals surface area (Å²) in [6, 6.07) is 3.67. The van der Waals surface area contributed by atoms with Crippen LogP contribution in [0.25, 0.3) is 11.1 Å². The van der Waals surface area contributed by atoms with E-state index in [9.17, 15) is 4.79 Å². The molecule has 0 spiro atoms. The van der Waals surface area contributed by atoms with Crippen molar-refractivity contribution in [3.8, 4) is 11.1 Å². The third-order valence-electron chi connectivity index (χ3n) is 3.33. The number of rotatable bonds is 3. The summed E-state index contributed by atoms with van der Waals surface area (Å²) in [5, 5.41) is 4.17. The summed E-state index contributed by atoms with van der Waals surface area (Å²) in [5.74, 6) is 1.57. The Morgan fingerprint density at radius 2 is 2.22 bits per heavy atom. The van der Waals surface area contributed by atoms with Crippen LogP contribution in [0.5, 0.6) is 0 Å². The predicted octanol–water partition coefficient (Wildman–Crippen LogP) is 3.03. The molecule has 3 rings (SSSR count). The maximum Gasteiger partial charge on any atom is 0.256 e. The number of hydrogen-bond donors (Lipinski definition) is 1. The van der Waals surface area contributed by atoms with E-state index in [-0.39, 0.29) is 11.5 Å².